The van der Waals surface area contributed by atoms with E-state index in [0.717, 1.165) is 13.1 Å². The second-order valence-corrected chi connectivity index (χ2v) is 7.90. The minimum absolute atomic E-state index is 0.315. The van der Waals surface area contributed by atoms with Gasteiger partial charge in [0.2, 0.25) is 0 Å². The molecule has 0 saturated carbocycles. The zero-order valence-electron chi connectivity index (χ0n) is 17.2. The normalized spacial score (nSPS) is 11.8. The predicted molar refractivity (Wildman–Crippen MR) is 107 cm³/mol. The van der Waals surface area contributed by atoms with E-state index in [1.54, 1.807) is 0 Å². The Morgan fingerprint density at radius 2 is 0.958 bits per heavy atom. The third-order valence-electron chi connectivity index (χ3n) is 5.13. The molecule has 0 aliphatic rings. The number of nitrogens with zero attached hydrogens (tertiary/aromatic N) is 2. The summed E-state index contributed by atoms with van der Waals surface area (Å²) in [5.41, 5.74) is -0.315. The molecule has 0 atom stereocenters. The first kappa shape index (κ1) is 23.4. The predicted octanol–water partition coefficient (Wildman–Crippen LogP) is 7.09. The summed E-state index contributed by atoms with van der Waals surface area (Å²) in [5, 5.41) is 9.47. The SMILES string of the molecule is CCCCCCCCCN(CCCCCCCCC)C(C)(C)C#N. The smallest absolute Gasteiger partial charge is 0.103 e. The molecule has 0 aromatic heterocycles. The standard InChI is InChI=1S/C22H44N2/c1-5-7-9-11-13-15-17-19-24(22(3,4)21-23)20-18-16-14-12-10-8-6-2/h5-20H2,1-4H3. The van der Waals surface area contributed by atoms with Crippen molar-refractivity contribution in [2.45, 2.75) is 123 Å². The van der Waals surface area contributed by atoms with Crippen molar-refractivity contribution in [2.24, 2.45) is 0 Å². The van der Waals surface area contributed by atoms with Crippen molar-refractivity contribution in [3.8, 4) is 6.07 Å². The van der Waals surface area contributed by atoms with Gasteiger partial charge in [-0.2, -0.15) is 5.26 Å². The Kier molecular flexibility index (Phi) is 15.6. The molecule has 0 saturated heterocycles. The van der Waals surface area contributed by atoms with Crippen molar-refractivity contribution >= 4 is 0 Å². The number of rotatable bonds is 17. The number of nitriles is 1. The van der Waals surface area contributed by atoms with Crippen LogP contribution in [0.15, 0.2) is 0 Å². The van der Waals surface area contributed by atoms with E-state index in [4.69, 9.17) is 0 Å². The van der Waals surface area contributed by atoms with Crippen LogP contribution < -0.4 is 0 Å². The minimum Gasteiger partial charge on any atom is -0.286 e. The summed E-state index contributed by atoms with van der Waals surface area (Å²) in [6, 6.07) is 2.50. The van der Waals surface area contributed by atoms with Crippen LogP contribution in [0.25, 0.3) is 0 Å². The highest BCUT2D eigenvalue weighted by molar-refractivity contribution is 5.01. The van der Waals surface area contributed by atoms with Gasteiger partial charge in [0.25, 0.3) is 0 Å². The average Bonchev–Trinajstić information content (AvgIpc) is 2.58. The maximum absolute atomic E-state index is 9.47. The second kappa shape index (κ2) is 15.9. The van der Waals surface area contributed by atoms with E-state index in [1.807, 2.05) is 0 Å². The molecular weight excluding hydrogens is 292 g/mol. The van der Waals surface area contributed by atoms with Gasteiger partial charge in [-0.15, -0.1) is 0 Å². The maximum atomic E-state index is 9.47. The van der Waals surface area contributed by atoms with Gasteiger partial charge in [-0.05, 0) is 39.8 Å². The highest BCUT2D eigenvalue weighted by Gasteiger charge is 2.25. The van der Waals surface area contributed by atoms with Crippen LogP contribution in [0.1, 0.15) is 118 Å². The molecule has 0 aliphatic heterocycles. The van der Waals surface area contributed by atoms with Gasteiger partial charge in [-0.1, -0.05) is 90.9 Å². The van der Waals surface area contributed by atoms with E-state index in [1.165, 1.54) is 89.9 Å². The molecule has 0 aromatic rings. The van der Waals surface area contributed by atoms with E-state index in [2.05, 4.69) is 38.7 Å². The third kappa shape index (κ3) is 12.8. The van der Waals surface area contributed by atoms with E-state index in [-0.39, 0.29) is 5.54 Å². The van der Waals surface area contributed by atoms with Crippen LogP contribution in [0.3, 0.4) is 0 Å². The lowest BCUT2D eigenvalue weighted by Crippen LogP contribution is -2.43. The molecule has 0 unspecified atom stereocenters. The molecule has 0 N–H and O–H groups in total. The van der Waals surface area contributed by atoms with Gasteiger partial charge in [0.05, 0.1) is 6.07 Å². The van der Waals surface area contributed by atoms with Crippen molar-refractivity contribution in [1.29, 1.82) is 5.26 Å². The van der Waals surface area contributed by atoms with Crippen molar-refractivity contribution in [2.75, 3.05) is 13.1 Å². The molecule has 24 heavy (non-hydrogen) atoms. The zero-order valence-corrected chi connectivity index (χ0v) is 17.2. The summed E-state index contributed by atoms with van der Waals surface area (Å²) in [5.74, 6) is 0. The monoisotopic (exact) mass is 336 g/mol. The molecule has 2 nitrogen and oxygen atoms in total. The molecule has 0 amide bonds. The Hall–Kier alpha value is -0.550. The fourth-order valence-corrected chi connectivity index (χ4v) is 3.26. The van der Waals surface area contributed by atoms with Gasteiger partial charge in [-0.25, -0.2) is 0 Å². The Morgan fingerprint density at radius 1 is 0.625 bits per heavy atom. The van der Waals surface area contributed by atoms with Crippen LogP contribution in [0.5, 0.6) is 0 Å². The molecule has 0 bridgehead atoms. The van der Waals surface area contributed by atoms with Gasteiger partial charge in [0, 0.05) is 0 Å². The topological polar surface area (TPSA) is 27.0 Å². The quantitative estimate of drug-likeness (QED) is 0.265. The maximum Gasteiger partial charge on any atom is 0.103 e. The van der Waals surface area contributed by atoms with Crippen molar-refractivity contribution in [1.82, 2.24) is 4.90 Å². The molecule has 0 fully saturated rings. The fraction of sp³-hybridized carbons (Fsp3) is 0.955. The Labute approximate surface area is 153 Å². The van der Waals surface area contributed by atoms with Crippen molar-refractivity contribution < 1.29 is 0 Å². The van der Waals surface area contributed by atoms with E-state index < -0.39 is 0 Å². The minimum atomic E-state index is -0.315. The van der Waals surface area contributed by atoms with E-state index in [9.17, 15) is 5.26 Å². The van der Waals surface area contributed by atoms with Crippen LogP contribution in [0.4, 0.5) is 0 Å². The first-order valence-electron chi connectivity index (χ1n) is 10.7. The van der Waals surface area contributed by atoms with Crippen LogP contribution >= 0.6 is 0 Å². The van der Waals surface area contributed by atoms with Crippen LogP contribution in [-0.4, -0.2) is 23.5 Å². The first-order valence-corrected chi connectivity index (χ1v) is 10.7. The molecule has 2 heteroatoms. The molecule has 142 valence electrons. The lowest BCUT2D eigenvalue weighted by Gasteiger charge is -2.33. The van der Waals surface area contributed by atoms with E-state index in [0.29, 0.717) is 0 Å². The molecule has 0 rings (SSSR count). The first-order chi connectivity index (χ1) is 11.6. The summed E-state index contributed by atoms with van der Waals surface area (Å²) >= 11 is 0. The van der Waals surface area contributed by atoms with Crippen molar-refractivity contribution in [3.63, 3.8) is 0 Å². The highest BCUT2D eigenvalue weighted by atomic mass is 15.2. The highest BCUT2D eigenvalue weighted by Crippen LogP contribution is 2.17. The third-order valence-corrected chi connectivity index (χ3v) is 5.13. The molecular formula is C22H44N2. The Balaban J connectivity index is 3.89. The molecule has 0 aromatic carbocycles. The average molecular weight is 337 g/mol. The van der Waals surface area contributed by atoms with Gasteiger partial charge in [-0.3, -0.25) is 4.90 Å². The molecule has 0 heterocycles. The van der Waals surface area contributed by atoms with Crippen LogP contribution in [0.2, 0.25) is 0 Å². The second-order valence-electron chi connectivity index (χ2n) is 7.90. The number of unbranched alkanes of at least 4 members (excludes halogenated alkanes) is 12. The number of hydrogen-bond donors (Lipinski definition) is 0. The summed E-state index contributed by atoms with van der Waals surface area (Å²) < 4.78 is 0. The molecule has 0 spiro atoms. The molecule has 0 radical (unpaired) electrons. The van der Waals surface area contributed by atoms with Gasteiger partial charge in [0.15, 0.2) is 0 Å². The summed E-state index contributed by atoms with van der Waals surface area (Å²) in [4.78, 5) is 2.42. The summed E-state index contributed by atoms with van der Waals surface area (Å²) in [6.07, 6.45) is 18.8. The summed E-state index contributed by atoms with van der Waals surface area (Å²) in [7, 11) is 0. The largest absolute Gasteiger partial charge is 0.286 e. The molecule has 0 aliphatic carbocycles. The lowest BCUT2D eigenvalue weighted by molar-refractivity contribution is 0.160. The van der Waals surface area contributed by atoms with Crippen molar-refractivity contribution in [3.05, 3.63) is 0 Å². The van der Waals surface area contributed by atoms with E-state index >= 15 is 0 Å². The van der Waals surface area contributed by atoms with Crippen LogP contribution in [-0.2, 0) is 0 Å². The van der Waals surface area contributed by atoms with Gasteiger partial charge in [0.1, 0.15) is 5.54 Å². The number of hydrogen-bond acceptors (Lipinski definition) is 2. The van der Waals surface area contributed by atoms with Crippen LogP contribution in [0, 0.1) is 11.3 Å². The van der Waals surface area contributed by atoms with Gasteiger partial charge >= 0.3 is 0 Å². The Bertz CT molecular complexity index is 286. The fourth-order valence-electron chi connectivity index (χ4n) is 3.26. The lowest BCUT2D eigenvalue weighted by atomic mass is 10.0. The van der Waals surface area contributed by atoms with Gasteiger partial charge < -0.3 is 0 Å². The Morgan fingerprint density at radius 3 is 1.29 bits per heavy atom. The zero-order chi connectivity index (χ0) is 18.1. The summed E-state index contributed by atoms with van der Waals surface area (Å²) in [6.45, 7) is 10.9.